The van der Waals surface area contributed by atoms with Gasteiger partial charge in [-0.3, -0.25) is 0 Å². The summed E-state index contributed by atoms with van der Waals surface area (Å²) in [7, 11) is 0. The smallest absolute Gasteiger partial charge is 0.218 e. The molecule has 0 radical (unpaired) electrons. The highest BCUT2D eigenvalue weighted by atomic mass is 35.5. The lowest BCUT2D eigenvalue weighted by Gasteiger charge is -2.10. The number of benzene rings is 1. The lowest BCUT2D eigenvalue weighted by Crippen LogP contribution is -2.09. The topological polar surface area (TPSA) is 25.8 Å². The summed E-state index contributed by atoms with van der Waals surface area (Å²) in [5.74, 6) is -0.475. The molecule has 1 heterocycles. The summed E-state index contributed by atoms with van der Waals surface area (Å²) in [6.07, 6.45) is -4.62. The predicted molar refractivity (Wildman–Crippen MR) is 62.2 cm³/mol. The Balaban J connectivity index is 2.59. The van der Waals surface area contributed by atoms with Crippen LogP contribution in [0.15, 0.2) is 24.3 Å². The Kier molecular flexibility index (Phi) is 3.45. The van der Waals surface area contributed by atoms with E-state index in [0.29, 0.717) is 11.1 Å². The number of alkyl halides is 3. The molecule has 0 atom stereocenters. The molecule has 0 amide bonds. The van der Waals surface area contributed by atoms with Gasteiger partial charge < -0.3 is 0 Å². The molecule has 0 bridgehead atoms. The van der Waals surface area contributed by atoms with Crippen LogP contribution < -0.4 is 0 Å². The first kappa shape index (κ1) is 13.7. The minimum absolute atomic E-state index is 0.00447. The molecule has 0 fully saturated rings. The molecule has 2 rings (SSSR count). The number of aryl methyl sites for hydroxylation is 1. The third-order valence-corrected chi connectivity index (χ3v) is 2.62. The van der Waals surface area contributed by atoms with Crippen molar-refractivity contribution >= 4 is 11.6 Å². The molecular weight excluding hydrogens is 284 g/mol. The van der Waals surface area contributed by atoms with Crippen molar-refractivity contribution in [1.82, 2.24) is 9.97 Å². The van der Waals surface area contributed by atoms with Crippen molar-refractivity contribution in [3.8, 4) is 11.3 Å². The van der Waals surface area contributed by atoms with Gasteiger partial charge in [-0.2, -0.15) is 13.2 Å². The van der Waals surface area contributed by atoms with Crippen LogP contribution in [0.5, 0.6) is 0 Å². The fraction of sp³-hybridized carbons (Fsp3) is 0.167. The second-order valence-electron chi connectivity index (χ2n) is 3.86. The quantitative estimate of drug-likeness (QED) is 0.579. The van der Waals surface area contributed by atoms with Gasteiger partial charge in [-0.05, 0) is 48.4 Å². The van der Waals surface area contributed by atoms with Gasteiger partial charge in [0.1, 0.15) is 11.5 Å². The zero-order chi connectivity index (χ0) is 14.2. The predicted octanol–water partition coefficient (Wildman–Crippen LogP) is 4.26. The van der Waals surface area contributed by atoms with Gasteiger partial charge in [-0.25, -0.2) is 14.4 Å². The molecule has 7 heteroatoms. The molecular formula is C12H7ClF4N2. The normalized spacial score (nSPS) is 11.7. The molecule has 1 aromatic carbocycles. The zero-order valence-electron chi connectivity index (χ0n) is 9.59. The average Bonchev–Trinajstić information content (AvgIpc) is 2.26. The van der Waals surface area contributed by atoms with Gasteiger partial charge in [0, 0.05) is 5.56 Å². The third kappa shape index (κ3) is 3.01. The summed E-state index contributed by atoms with van der Waals surface area (Å²) >= 11 is 5.49. The number of nitrogens with zero attached hydrogens (tertiary/aromatic N) is 2. The minimum Gasteiger partial charge on any atom is -0.218 e. The molecule has 0 saturated heterocycles. The first-order valence-electron chi connectivity index (χ1n) is 5.15. The summed E-state index contributed by atoms with van der Waals surface area (Å²) < 4.78 is 50.8. The van der Waals surface area contributed by atoms with E-state index in [-0.39, 0.29) is 5.69 Å². The van der Waals surface area contributed by atoms with Gasteiger partial charge in [0.05, 0.1) is 5.69 Å². The summed E-state index contributed by atoms with van der Waals surface area (Å²) in [6, 6.07) is 4.49. The van der Waals surface area contributed by atoms with Crippen molar-refractivity contribution in [2.24, 2.45) is 0 Å². The molecule has 0 aliphatic heterocycles. The van der Waals surface area contributed by atoms with E-state index < -0.39 is 23.0 Å². The Bertz CT molecular complexity index is 626. The zero-order valence-corrected chi connectivity index (χ0v) is 10.3. The van der Waals surface area contributed by atoms with Crippen molar-refractivity contribution in [2.45, 2.75) is 13.1 Å². The Morgan fingerprint density at radius 2 is 1.79 bits per heavy atom. The van der Waals surface area contributed by atoms with Crippen molar-refractivity contribution in [3.63, 3.8) is 0 Å². The van der Waals surface area contributed by atoms with Crippen molar-refractivity contribution < 1.29 is 17.6 Å². The van der Waals surface area contributed by atoms with Crippen molar-refractivity contribution in [2.75, 3.05) is 0 Å². The summed E-state index contributed by atoms with van der Waals surface area (Å²) in [5, 5.41) is -0.506. The molecule has 2 aromatic rings. The van der Waals surface area contributed by atoms with Gasteiger partial charge in [0.25, 0.3) is 0 Å². The van der Waals surface area contributed by atoms with Gasteiger partial charge >= 0.3 is 6.18 Å². The van der Waals surface area contributed by atoms with Crippen LogP contribution in [-0.4, -0.2) is 9.97 Å². The lowest BCUT2D eigenvalue weighted by molar-refractivity contribution is -0.141. The molecule has 0 saturated carbocycles. The summed E-state index contributed by atoms with van der Waals surface area (Å²) in [4.78, 5) is 6.87. The number of halogens is 5. The van der Waals surface area contributed by atoms with E-state index in [4.69, 9.17) is 11.6 Å². The van der Waals surface area contributed by atoms with E-state index in [1.165, 1.54) is 12.1 Å². The number of rotatable bonds is 1. The van der Waals surface area contributed by atoms with Crippen LogP contribution in [0.1, 0.15) is 11.3 Å². The van der Waals surface area contributed by atoms with E-state index in [2.05, 4.69) is 9.97 Å². The largest absolute Gasteiger partial charge is 0.433 e. The second kappa shape index (κ2) is 4.77. The van der Waals surface area contributed by atoms with Gasteiger partial charge in [-0.1, -0.05) is 0 Å². The van der Waals surface area contributed by atoms with Crippen LogP contribution >= 0.6 is 11.6 Å². The molecule has 1 aromatic heterocycles. The van der Waals surface area contributed by atoms with E-state index in [1.54, 1.807) is 6.92 Å². The second-order valence-corrected chi connectivity index (χ2v) is 4.20. The molecule has 19 heavy (non-hydrogen) atoms. The average molecular weight is 291 g/mol. The Labute approximate surface area is 111 Å². The van der Waals surface area contributed by atoms with Gasteiger partial charge in [0.15, 0.2) is 0 Å². The maximum atomic E-state index is 13.0. The SMILES string of the molecule is Cc1cc(F)ccc1-c1cc(C(F)(F)F)nc(Cl)n1. The fourth-order valence-corrected chi connectivity index (χ4v) is 1.80. The fourth-order valence-electron chi connectivity index (χ4n) is 1.62. The summed E-state index contributed by atoms with van der Waals surface area (Å²) in [5.41, 5.74) is -0.296. The van der Waals surface area contributed by atoms with Crippen molar-refractivity contribution in [3.05, 3.63) is 46.6 Å². The third-order valence-electron chi connectivity index (χ3n) is 2.45. The Hall–Kier alpha value is -1.69. The number of aromatic nitrogens is 2. The molecule has 0 aliphatic rings. The molecule has 0 spiro atoms. The highest BCUT2D eigenvalue weighted by molar-refractivity contribution is 6.28. The molecule has 2 nitrogen and oxygen atoms in total. The highest BCUT2D eigenvalue weighted by Gasteiger charge is 2.33. The van der Waals surface area contributed by atoms with Crippen LogP contribution in [0.4, 0.5) is 17.6 Å². The maximum absolute atomic E-state index is 13.0. The van der Waals surface area contributed by atoms with E-state index in [0.717, 1.165) is 12.1 Å². The standard InChI is InChI=1S/C12H7ClF4N2/c1-6-4-7(14)2-3-8(6)9-5-10(12(15,16)17)19-11(13)18-9/h2-5H,1H3. The summed E-state index contributed by atoms with van der Waals surface area (Å²) in [6.45, 7) is 1.57. The first-order chi connectivity index (χ1) is 8.77. The number of hydrogen-bond donors (Lipinski definition) is 0. The van der Waals surface area contributed by atoms with Crippen LogP contribution in [-0.2, 0) is 6.18 Å². The molecule has 0 aliphatic carbocycles. The van der Waals surface area contributed by atoms with E-state index in [1.807, 2.05) is 0 Å². The minimum atomic E-state index is -4.62. The Morgan fingerprint density at radius 1 is 1.11 bits per heavy atom. The van der Waals surface area contributed by atoms with Crippen LogP contribution in [0, 0.1) is 12.7 Å². The van der Waals surface area contributed by atoms with Crippen LogP contribution in [0.3, 0.4) is 0 Å². The maximum Gasteiger partial charge on any atom is 0.433 e. The monoisotopic (exact) mass is 290 g/mol. The van der Waals surface area contributed by atoms with E-state index >= 15 is 0 Å². The highest BCUT2D eigenvalue weighted by Crippen LogP contribution is 2.32. The van der Waals surface area contributed by atoms with Gasteiger partial charge in [-0.15, -0.1) is 0 Å². The van der Waals surface area contributed by atoms with Crippen molar-refractivity contribution in [1.29, 1.82) is 0 Å². The Morgan fingerprint density at radius 3 is 2.37 bits per heavy atom. The first-order valence-corrected chi connectivity index (χ1v) is 5.53. The van der Waals surface area contributed by atoms with Crippen LogP contribution in [0.2, 0.25) is 5.28 Å². The number of hydrogen-bond acceptors (Lipinski definition) is 2. The molecule has 0 N–H and O–H groups in total. The molecule has 100 valence electrons. The van der Waals surface area contributed by atoms with E-state index in [9.17, 15) is 17.6 Å². The van der Waals surface area contributed by atoms with Crippen LogP contribution in [0.25, 0.3) is 11.3 Å². The lowest BCUT2D eigenvalue weighted by atomic mass is 10.0. The molecule has 0 unspecified atom stereocenters. The van der Waals surface area contributed by atoms with Gasteiger partial charge in [0.2, 0.25) is 5.28 Å².